The number of nitrogens with zero attached hydrogens (tertiary/aromatic N) is 1. The van der Waals surface area contributed by atoms with Gasteiger partial charge < -0.3 is 19.3 Å². The minimum atomic E-state index is -0.274. The number of carbonyl (C=O) groups excluding carboxylic acids is 1. The molecule has 1 N–H and O–H groups in total. The van der Waals surface area contributed by atoms with Crippen LogP contribution in [0.15, 0.2) is 59.1 Å². The molecule has 6 nitrogen and oxygen atoms in total. The zero-order valence-electron chi connectivity index (χ0n) is 14.7. The molecule has 134 valence electrons. The Morgan fingerprint density at radius 2 is 1.65 bits per heavy atom. The van der Waals surface area contributed by atoms with Crippen LogP contribution in [0.3, 0.4) is 0 Å². The normalized spacial score (nSPS) is 10.4. The fraction of sp³-hybridized carbons (Fsp3) is 0.200. The van der Waals surface area contributed by atoms with Crippen LogP contribution in [-0.4, -0.2) is 17.7 Å². The third kappa shape index (κ3) is 4.63. The van der Waals surface area contributed by atoms with Crippen molar-refractivity contribution in [3.63, 3.8) is 0 Å². The van der Waals surface area contributed by atoms with Crippen molar-refractivity contribution in [2.75, 3.05) is 11.9 Å². The molecule has 1 heterocycles. The maximum atomic E-state index is 12.0. The predicted octanol–water partition coefficient (Wildman–Crippen LogP) is 3.89. The fourth-order valence-corrected chi connectivity index (χ4v) is 2.36. The van der Waals surface area contributed by atoms with Gasteiger partial charge in [0, 0.05) is 0 Å². The van der Waals surface area contributed by atoms with Gasteiger partial charge in [0.2, 0.25) is 0 Å². The summed E-state index contributed by atoms with van der Waals surface area (Å²) in [4.78, 5) is 12.0. The number of aryl methyl sites for hydroxylation is 2. The Balaban J connectivity index is 1.47. The SMILES string of the molecule is Cc1noc(C)c1NC(=O)COc1ccc(OCc2ccccc2)cc1. The van der Waals surface area contributed by atoms with Crippen molar-refractivity contribution in [2.24, 2.45) is 0 Å². The van der Waals surface area contributed by atoms with Crippen molar-refractivity contribution in [1.29, 1.82) is 0 Å². The largest absolute Gasteiger partial charge is 0.489 e. The van der Waals surface area contributed by atoms with E-state index in [1.807, 2.05) is 42.5 Å². The summed E-state index contributed by atoms with van der Waals surface area (Å²) >= 11 is 0. The number of rotatable bonds is 7. The Bertz CT molecular complexity index is 838. The zero-order valence-corrected chi connectivity index (χ0v) is 14.7. The standard InChI is InChI=1S/C20H20N2O4/c1-14-20(15(2)26-22-14)21-19(23)13-25-18-10-8-17(9-11-18)24-12-16-6-4-3-5-7-16/h3-11H,12-13H2,1-2H3,(H,21,23). The second-order valence-corrected chi connectivity index (χ2v) is 5.78. The zero-order chi connectivity index (χ0) is 18.4. The fourth-order valence-electron chi connectivity index (χ4n) is 2.36. The molecule has 26 heavy (non-hydrogen) atoms. The highest BCUT2D eigenvalue weighted by Crippen LogP contribution is 2.20. The van der Waals surface area contributed by atoms with Gasteiger partial charge in [-0.1, -0.05) is 35.5 Å². The van der Waals surface area contributed by atoms with Crippen molar-refractivity contribution < 1.29 is 18.8 Å². The first kappa shape index (κ1) is 17.5. The molecule has 0 bridgehead atoms. The smallest absolute Gasteiger partial charge is 0.262 e. The number of hydrogen-bond acceptors (Lipinski definition) is 5. The van der Waals surface area contributed by atoms with E-state index in [2.05, 4.69) is 10.5 Å². The molecule has 0 aliphatic heterocycles. The van der Waals surface area contributed by atoms with Gasteiger partial charge in [-0.2, -0.15) is 0 Å². The maximum absolute atomic E-state index is 12.0. The van der Waals surface area contributed by atoms with Gasteiger partial charge in [0.25, 0.3) is 5.91 Å². The number of benzene rings is 2. The number of aromatic nitrogens is 1. The molecule has 2 aromatic carbocycles. The number of amides is 1. The van der Waals surface area contributed by atoms with Crippen LogP contribution in [0.1, 0.15) is 17.0 Å². The number of carbonyl (C=O) groups is 1. The summed E-state index contributed by atoms with van der Waals surface area (Å²) in [5, 5.41) is 6.53. The molecule has 0 spiro atoms. The van der Waals surface area contributed by atoms with Crippen LogP contribution in [0.2, 0.25) is 0 Å². The Labute approximate surface area is 151 Å². The average Bonchev–Trinajstić information content (AvgIpc) is 2.98. The van der Waals surface area contributed by atoms with Gasteiger partial charge in [-0.15, -0.1) is 0 Å². The van der Waals surface area contributed by atoms with Crippen LogP contribution in [0.4, 0.5) is 5.69 Å². The van der Waals surface area contributed by atoms with Crippen LogP contribution in [0, 0.1) is 13.8 Å². The van der Waals surface area contributed by atoms with Crippen LogP contribution in [0.25, 0.3) is 0 Å². The minimum absolute atomic E-state index is 0.103. The molecular formula is C20H20N2O4. The van der Waals surface area contributed by atoms with Gasteiger partial charge in [0.15, 0.2) is 12.4 Å². The summed E-state index contributed by atoms with van der Waals surface area (Å²) in [6.07, 6.45) is 0. The number of hydrogen-bond donors (Lipinski definition) is 1. The highest BCUT2D eigenvalue weighted by molar-refractivity contribution is 5.92. The second kappa shape index (κ2) is 8.20. The Kier molecular flexibility index (Phi) is 5.53. The van der Waals surface area contributed by atoms with Gasteiger partial charge in [-0.3, -0.25) is 4.79 Å². The summed E-state index contributed by atoms with van der Waals surface area (Å²) < 4.78 is 16.2. The van der Waals surface area contributed by atoms with Crippen molar-refractivity contribution >= 4 is 11.6 Å². The predicted molar refractivity (Wildman–Crippen MR) is 97.3 cm³/mol. The van der Waals surface area contributed by atoms with E-state index < -0.39 is 0 Å². The van der Waals surface area contributed by atoms with E-state index >= 15 is 0 Å². The van der Waals surface area contributed by atoms with E-state index in [-0.39, 0.29) is 12.5 Å². The molecule has 3 aromatic rings. The van der Waals surface area contributed by atoms with Gasteiger partial charge in [-0.25, -0.2) is 0 Å². The molecule has 0 saturated heterocycles. The molecule has 0 aliphatic rings. The van der Waals surface area contributed by atoms with E-state index in [9.17, 15) is 4.79 Å². The van der Waals surface area contributed by atoms with E-state index in [0.717, 1.165) is 11.3 Å². The molecule has 0 aliphatic carbocycles. The third-order valence-electron chi connectivity index (χ3n) is 3.74. The topological polar surface area (TPSA) is 73.6 Å². The second-order valence-electron chi connectivity index (χ2n) is 5.78. The Hall–Kier alpha value is -3.28. The first-order valence-electron chi connectivity index (χ1n) is 8.24. The van der Waals surface area contributed by atoms with Crippen LogP contribution in [0.5, 0.6) is 11.5 Å². The highest BCUT2D eigenvalue weighted by atomic mass is 16.5. The molecule has 1 amide bonds. The average molecular weight is 352 g/mol. The molecule has 6 heteroatoms. The molecule has 0 radical (unpaired) electrons. The summed E-state index contributed by atoms with van der Waals surface area (Å²) in [5.74, 6) is 1.62. The van der Waals surface area contributed by atoms with Crippen LogP contribution < -0.4 is 14.8 Å². The number of nitrogens with one attached hydrogen (secondary N) is 1. The highest BCUT2D eigenvalue weighted by Gasteiger charge is 2.12. The monoisotopic (exact) mass is 352 g/mol. The lowest BCUT2D eigenvalue weighted by atomic mass is 10.2. The molecule has 1 aromatic heterocycles. The van der Waals surface area contributed by atoms with E-state index in [1.165, 1.54) is 0 Å². The lowest BCUT2D eigenvalue weighted by Gasteiger charge is -2.09. The van der Waals surface area contributed by atoms with Crippen LogP contribution in [-0.2, 0) is 11.4 Å². The third-order valence-corrected chi connectivity index (χ3v) is 3.74. The molecule has 0 fully saturated rings. The minimum Gasteiger partial charge on any atom is -0.489 e. The van der Waals surface area contributed by atoms with Crippen LogP contribution >= 0.6 is 0 Å². The Morgan fingerprint density at radius 3 is 2.27 bits per heavy atom. The molecule has 0 unspecified atom stereocenters. The van der Waals surface area contributed by atoms with E-state index in [0.29, 0.717) is 29.5 Å². The van der Waals surface area contributed by atoms with E-state index in [4.69, 9.17) is 14.0 Å². The Morgan fingerprint density at radius 1 is 1.00 bits per heavy atom. The van der Waals surface area contributed by atoms with Gasteiger partial charge >= 0.3 is 0 Å². The van der Waals surface area contributed by atoms with Gasteiger partial charge in [0.1, 0.15) is 29.5 Å². The molecule has 3 rings (SSSR count). The summed E-state index contributed by atoms with van der Waals surface area (Å²) in [5.41, 5.74) is 2.32. The lowest BCUT2D eigenvalue weighted by molar-refractivity contribution is -0.118. The first-order valence-corrected chi connectivity index (χ1v) is 8.24. The lowest BCUT2D eigenvalue weighted by Crippen LogP contribution is -2.20. The number of ether oxygens (including phenoxy) is 2. The first-order chi connectivity index (χ1) is 12.6. The van der Waals surface area contributed by atoms with Gasteiger partial charge in [-0.05, 0) is 43.7 Å². The van der Waals surface area contributed by atoms with E-state index in [1.54, 1.807) is 26.0 Å². The van der Waals surface area contributed by atoms with Gasteiger partial charge in [0.05, 0.1) is 0 Å². The van der Waals surface area contributed by atoms with Crippen molar-refractivity contribution in [3.8, 4) is 11.5 Å². The number of anilines is 1. The molecule has 0 atom stereocenters. The maximum Gasteiger partial charge on any atom is 0.262 e. The summed E-state index contributed by atoms with van der Waals surface area (Å²) in [7, 11) is 0. The van der Waals surface area contributed by atoms with Crippen molar-refractivity contribution in [2.45, 2.75) is 20.5 Å². The van der Waals surface area contributed by atoms with Crippen molar-refractivity contribution in [3.05, 3.63) is 71.6 Å². The summed E-state index contributed by atoms with van der Waals surface area (Å²) in [6, 6.07) is 17.1. The quantitative estimate of drug-likeness (QED) is 0.698. The molecule has 0 saturated carbocycles. The van der Waals surface area contributed by atoms with Crippen molar-refractivity contribution in [1.82, 2.24) is 5.16 Å². The summed E-state index contributed by atoms with van der Waals surface area (Å²) in [6.45, 7) is 3.90. The molecular weight excluding hydrogens is 332 g/mol.